The van der Waals surface area contributed by atoms with Gasteiger partial charge in [0.1, 0.15) is 0 Å². The van der Waals surface area contributed by atoms with E-state index in [0.29, 0.717) is 18.2 Å². The Morgan fingerprint density at radius 3 is 1.68 bits per heavy atom. The molecular weight excluding hydrogens is 278 g/mol. The fourth-order valence-electron chi connectivity index (χ4n) is 1.43. The molecule has 0 aromatic heterocycles. The van der Waals surface area contributed by atoms with Crippen molar-refractivity contribution in [1.82, 2.24) is 5.01 Å². The van der Waals surface area contributed by atoms with Crippen molar-refractivity contribution in [2.75, 3.05) is 7.05 Å². The first-order valence-electron chi connectivity index (χ1n) is 4.76. The Hall–Kier alpha value is -1.77. The number of hydrogen-bond acceptors (Lipinski definition) is 2. The number of carbonyl (C=O) groups excluding carboxylic acids is 1. The quantitative estimate of drug-likeness (QED) is 0.373. The number of halogens is 6. The summed E-state index contributed by atoms with van der Waals surface area (Å²) in [6.07, 6.45) is -10.2. The second-order valence-corrected chi connectivity index (χ2v) is 3.64. The minimum absolute atomic E-state index is 0.166. The van der Waals surface area contributed by atoms with Gasteiger partial charge < -0.3 is 0 Å². The summed E-state index contributed by atoms with van der Waals surface area (Å²) in [6.45, 7) is 0. The molecule has 0 atom stereocenters. The Bertz CT molecular complexity index is 460. The number of nitrogens with zero attached hydrogens (tertiary/aromatic N) is 1. The van der Waals surface area contributed by atoms with Crippen molar-refractivity contribution >= 4 is 5.91 Å². The number of hydrazine groups is 1. The number of amides is 1. The number of alkyl halides is 6. The van der Waals surface area contributed by atoms with Gasteiger partial charge in [0.25, 0.3) is 5.91 Å². The molecule has 9 heteroatoms. The van der Waals surface area contributed by atoms with Crippen molar-refractivity contribution in [3.05, 3.63) is 34.9 Å². The topological polar surface area (TPSA) is 46.3 Å². The van der Waals surface area contributed by atoms with E-state index in [1.54, 1.807) is 0 Å². The normalized spacial score (nSPS) is 12.4. The molecule has 19 heavy (non-hydrogen) atoms. The first-order valence-corrected chi connectivity index (χ1v) is 4.76. The van der Waals surface area contributed by atoms with Crippen LogP contribution in [-0.4, -0.2) is 18.0 Å². The molecule has 2 N–H and O–H groups in total. The summed E-state index contributed by atoms with van der Waals surface area (Å²) in [5.41, 5.74) is -4.86. The number of nitrogens with two attached hydrogens (primary N) is 1. The number of benzene rings is 1. The lowest BCUT2D eigenvalue weighted by atomic mass is 9.99. The summed E-state index contributed by atoms with van der Waals surface area (Å²) in [4.78, 5) is 11.5. The lowest BCUT2D eigenvalue weighted by Crippen LogP contribution is -2.36. The van der Waals surface area contributed by atoms with Crippen molar-refractivity contribution in [1.29, 1.82) is 0 Å². The van der Waals surface area contributed by atoms with Crippen molar-refractivity contribution in [3.8, 4) is 0 Å². The lowest BCUT2D eigenvalue weighted by Gasteiger charge is -2.20. The average Bonchev–Trinajstić information content (AvgIpc) is 2.24. The monoisotopic (exact) mass is 286 g/mol. The van der Waals surface area contributed by atoms with Crippen LogP contribution in [0.5, 0.6) is 0 Å². The van der Waals surface area contributed by atoms with Crippen molar-refractivity contribution in [2.24, 2.45) is 5.84 Å². The zero-order valence-corrected chi connectivity index (χ0v) is 9.43. The van der Waals surface area contributed by atoms with E-state index in [1.165, 1.54) is 0 Å². The molecule has 3 nitrogen and oxygen atoms in total. The maximum absolute atomic E-state index is 12.7. The first kappa shape index (κ1) is 15.3. The molecule has 0 heterocycles. The van der Waals surface area contributed by atoms with Crippen LogP contribution in [0.25, 0.3) is 0 Å². The van der Waals surface area contributed by atoms with Gasteiger partial charge in [0.2, 0.25) is 0 Å². The molecule has 0 saturated carbocycles. The third kappa shape index (κ3) is 3.16. The van der Waals surface area contributed by atoms with Crippen LogP contribution < -0.4 is 5.84 Å². The molecule has 0 fully saturated rings. The van der Waals surface area contributed by atoms with Gasteiger partial charge in [0, 0.05) is 7.05 Å². The summed E-state index contributed by atoms with van der Waals surface area (Å²) < 4.78 is 76.0. The maximum atomic E-state index is 12.7. The Morgan fingerprint density at radius 1 is 1.05 bits per heavy atom. The smallest absolute Gasteiger partial charge is 0.280 e. The molecule has 0 radical (unpaired) electrons. The predicted octanol–water partition coefficient (Wildman–Crippen LogP) is 2.67. The van der Waals surface area contributed by atoms with Crippen LogP contribution in [0.1, 0.15) is 21.5 Å². The first-order chi connectivity index (χ1) is 8.46. The molecule has 1 amide bonds. The molecule has 0 spiro atoms. The van der Waals surface area contributed by atoms with Gasteiger partial charge in [-0.25, -0.2) is 5.84 Å². The highest BCUT2D eigenvalue weighted by atomic mass is 19.4. The van der Waals surface area contributed by atoms with Crippen LogP contribution in [0, 0.1) is 0 Å². The zero-order valence-electron chi connectivity index (χ0n) is 9.43. The largest absolute Gasteiger partial charge is 0.417 e. The van der Waals surface area contributed by atoms with Crippen LogP contribution in [0.2, 0.25) is 0 Å². The van der Waals surface area contributed by atoms with Crippen LogP contribution in [0.3, 0.4) is 0 Å². The van der Waals surface area contributed by atoms with Crippen LogP contribution in [0.4, 0.5) is 26.3 Å². The van der Waals surface area contributed by atoms with Gasteiger partial charge in [-0.05, 0) is 12.1 Å². The van der Waals surface area contributed by atoms with Crippen LogP contribution in [-0.2, 0) is 12.4 Å². The summed E-state index contributed by atoms with van der Waals surface area (Å²) in [6, 6.07) is 1.37. The highest BCUT2D eigenvalue weighted by molar-refractivity contribution is 5.97. The van der Waals surface area contributed by atoms with Gasteiger partial charge in [-0.3, -0.25) is 9.80 Å². The molecule has 0 aliphatic carbocycles. The standard InChI is InChI=1S/C10H8F6N2O/c1-18(17)8(19)7-5(9(11,12)13)3-2-4-6(7)10(14,15)16/h2-4H,17H2,1H3. The SMILES string of the molecule is CN(N)C(=O)c1c(C(F)(F)F)cccc1C(F)(F)F. The van der Waals surface area contributed by atoms with E-state index in [-0.39, 0.29) is 5.01 Å². The van der Waals surface area contributed by atoms with Crippen LogP contribution in [0.15, 0.2) is 18.2 Å². The highest BCUT2D eigenvalue weighted by Crippen LogP contribution is 2.39. The van der Waals surface area contributed by atoms with Crippen LogP contribution >= 0.6 is 0 Å². The molecule has 0 unspecified atom stereocenters. The van der Waals surface area contributed by atoms with Crippen molar-refractivity contribution in [2.45, 2.75) is 12.4 Å². The molecule has 0 aliphatic heterocycles. The number of carbonyl (C=O) groups is 1. The molecule has 0 bridgehead atoms. The average molecular weight is 286 g/mol. The second kappa shape index (κ2) is 4.72. The molecule has 106 valence electrons. The fourth-order valence-corrected chi connectivity index (χ4v) is 1.43. The molecular formula is C10H8F6N2O. The van der Waals surface area contributed by atoms with Gasteiger partial charge in [-0.2, -0.15) is 26.3 Å². The second-order valence-electron chi connectivity index (χ2n) is 3.64. The maximum Gasteiger partial charge on any atom is 0.417 e. The third-order valence-electron chi connectivity index (χ3n) is 2.21. The van der Waals surface area contributed by atoms with E-state index < -0.39 is 35.0 Å². The Morgan fingerprint density at radius 2 is 1.42 bits per heavy atom. The van der Waals surface area contributed by atoms with Gasteiger partial charge in [-0.15, -0.1) is 0 Å². The summed E-state index contributed by atoms with van der Waals surface area (Å²) in [5.74, 6) is 3.37. The summed E-state index contributed by atoms with van der Waals surface area (Å²) in [7, 11) is 0.857. The molecule has 1 aromatic carbocycles. The van der Waals surface area contributed by atoms with Crippen molar-refractivity contribution < 1.29 is 31.1 Å². The van der Waals surface area contributed by atoms with E-state index in [4.69, 9.17) is 5.84 Å². The highest BCUT2D eigenvalue weighted by Gasteiger charge is 2.43. The van der Waals surface area contributed by atoms with E-state index in [1.807, 2.05) is 0 Å². The van der Waals surface area contributed by atoms with Gasteiger partial charge in [-0.1, -0.05) is 6.07 Å². The molecule has 0 aliphatic rings. The minimum atomic E-state index is -5.09. The van der Waals surface area contributed by atoms with E-state index >= 15 is 0 Å². The Labute approximate surface area is 103 Å². The molecule has 1 aromatic rings. The Balaban J connectivity index is 3.65. The Kier molecular flexibility index (Phi) is 3.80. The van der Waals surface area contributed by atoms with Gasteiger partial charge in [0.05, 0.1) is 16.7 Å². The number of hydrogen-bond donors (Lipinski definition) is 1. The van der Waals surface area contributed by atoms with E-state index in [9.17, 15) is 31.1 Å². The molecule has 0 saturated heterocycles. The third-order valence-corrected chi connectivity index (χ3v) is 2.21. The zero-order chi connectivity index (χ0) is 15.0. The van der Waals surface area contributed by atoms with E-state index in [2.05, 4.69) is 0 Å². The molecule has 1 rings (SSSR count). The van der Waals surface area contributed by atoms with Gasteiger partial charge in [0.15, 0.2) is 0 Å². The van der Waals surface area contributed by atoms with Crippen molar-refractivity contribution in [3.63, 3.8) is 0 Å². The van der Waals surface area contributed by atoms with E-state index in [0.717, 1.165) is 7.05 Å². The number of rotatable bonds is 1. The summed E-state index contributed by atoms with van der Waals surface area (Å²) >= 11 is 0. The minimum Gasteiger partial charge on any atom is -0.280 e. The lowest BCUT2D eigenvalue weighted by molar-refractivity contribution is -0.143. The fraction of sp³-hybridized carbons (Fsp3) is 0.300. The van der Waals surface area contributed by atoms with Gasteiger partial charge >= 0.3 is 12.4 Å². The summed E-state index contributed by atoms with van der Waals surface area (Å²) in [5, 5.41) is 0.166. The predicted molar refractivity (Wildman–Crippen MR) is 52.7 cm³/mol.